The van der Waals surface area contributed by atoms with Crippen LogP contribution in [0.15, 0.2) is 30.3 Å². The molecular weight excluding hydrogens is 431 g/mol. The first-order valence-electron chi connectivity index (χ1n) is 9.45. The predicted octanol–water partition coefficient (Wildman–Crippen LogP) is 6.69. The van der Waals surface area contributed by atoms with E-state index in [2.05, 4.69) is 0 Å². The van der Waals surface area contributed by atoms with Crippen LogP contribution in [0.2, 0.25) is 15.1 Å². The molecule has 1 heterocycles. The molecule has 0 saturated carbocycles. The molecule has 154 valence electrons. The standard InChI is InChI=1S/C23H23Cl3O3/c1-6-12-7-8-13(14-10-16(24)19(26)17(25)11-14)9-15(12)18-20(27)22(2,3)29-23(4,5)21(18)28/h7-11,18H,6H2,1-5H3. The lowest BCUT2D eigenvalue weighted by Gasteiger charge is -2.43. The number of carbonyl (C=O) groups excluding carboxylic acids is 2. The summed E-state index contributed by atoms with van der Waals surface area (Å²) in [7, 11) is 0. The minimum atomic E-state index is -1.06. The van der Waals surface area contributed by atoms with Crippen LogP contribution in [-0.4, -0.2) is 22.8 Å². The van der Waals surface area contributed by atoms with Crippen LogP contribution in [-0.2, 0) is 20.7 Å². The molecule has 0 unspecified atom stereocenters. The van der Waals surface area contributed by atoms with Crippen LogP contribution in [0, 0.1) is 0 Å². The first-order chi connectivity index (χ1) is 13.4. The van der Waals surface area contributed by atoms with Crippen molar-refractivity contribution in [2.24, 2.45) is 0 Å². The SMILES string of the molecule is CCc1ccc(-c2cc(Cl)c(Cl)c(Cl)c2)cc1C1C(=O)C(C)(C)OC(C)(C)C1=O. The van der Waals surface area contributed by atoms with E-state index in [-0.39, 0.29) is 11.6 Å². The highest BCUT2D eigenvalue weighted by atomic mass is 35.5. The van der Waals surface area contributed by atoms with Gasteiger partial charge in [0.1, 0.15) is 17.1 Å². The summed E-state index contributed by atoms with van der Waals surface area (Å²) in [4.78, 5) is 26.4. The molecule has 1 aliphatic rings. The van der Waals surface area contributed by atoms with Crippen molar-refractivity contribution in [3.63, 3.8) is 0 Å². The molecule has 6 heteroatoms. The minimum absolute atomic E-state index is 0.235. The van der Waals surface area contributed by atoms with Gasteiger partial charge in [-0.05, 0) is 74.6 Å². The monoisotopic (exact) mass is 452 g/mol. The van der Waals surface area contributed by atoms with Gasteiger partial charge in [-0.15, -0.1) is 0 Å². The lowest BCUT2D eigenvalue weighted by Crippen LogP contribution is -2.58. The van der Waals surface area contributed by atoms with Gasteiger partial charge in [-0.1, -0.05) is 53.9 Å². The second-order valence-electron chi connectivity index (χ2n) is 8.31. The molecule has 2 aromatic rings. The smallest absolute Gasteiger partial charge is 0.179 e. The average Bonchev–Trinajstić information content (AvgIpc) is 2.63. The summed E-state index contributed by atoms with van der Waals surface area (Å²) in [6, 6.07) is 9.20. The minimum Gasteiger partial charge on any atom is -0.354 e. The lowest BCUT2D eigenvalue weighted by molar-refractivity contribution is -0.184. The summed E-state index contributed by atoms with van der Waals surface area (Å²) in [5.41, 5.74) is 1.09. The molecule has 0 N–H and O–H groups in total. The van der Waals surface area contributed by atoms with Crippen LogP contribution < -0.4 is 0 Å². The Morgan fingerprint density at radius 3 is 1.86 bits per heavy atom. The van der Waals surface area contributed by atoms with E-state index in [4.69, 9.17) is 39.5 Å². The highest BCUT2D eigenvalue weighted by Crippen LogP contribution is 2.41. The van der Waals surface area contributed by atoms with Crippen LogP contribution in [0.1, 0.15) is 51.7 Å². The van der Waals surface area contributed by atoms with Gasteiger partial charge in [0.05, 0.1) is 15.1 Å². The number of rotatable bonds is 3. The fourth-order valence-corrected chi connectivity index (χ4v) is 4.52. The highest BCUT2D eigenvalue weighted by molar-refractivity contribution is 6.48. The van der Waals surface area contributed by atoms with Gasteiger partial charge in [0.25, 0.3) is 0 Å². The Morgan fingerprint density at radius 1 is 0.862 bits per heavy atom. The van der Waals surface area contributed by atoms with Gasteiger partial charge in [0.2, 0.25) is 0 Å². The van der Waals surface area contributed by atoms with Gasteiger partial charge in [0.15, 0.2) is 11.6 Å². The number of ether oxygens (including phenoxy) is 1. The molecule has 0 aliphatic carbocycles. The van der Waals surface area contributed by atoms with Crippen LogP contribution >= 0.6 is 34.8 Å². The predicted molar refractivity (Wildman–Crippen MR) is 118 cm³/mol. The second kappa shape index (κ2) is 7.70. The maximum Gasteiger partial charge on any atom is 0.179 e. The quantitative estimate of drug-likeness (QED) is 0.384. The lowest BCUT2D eigenvalue weighted by atomic mass is 9.73. The van der Waals surface area contributed by atoms with Gasteiger partial charge in [-0.3, -0.25) is 9.59 Å². The fourth-order valence-electron chi connectivity index (χ4n) is 3.92. The summed E-state index contributed by atoms with van der Waals surface area (Å²) in [5.74, 6) is -1.36. The molecule has 0 bridgehead atoms. The van der Waals surface area contributed by atoms with Crippen LogP contribution in [0.5, 0.6) is 0 Å². The van der Waals surface area contributed by atoms with Crippen molar-refractivity contribution in [3.8, 4) is 11.1 Å². The van der Waals surface area contributed by atoms with Crippen LogP contribution in [0.3, 0.4) is 0 Å². The van der Waals surface area contributed by atoms with Gasteiger partial charge in [-0.2, -0.15) is 0 Å². The van der Waals surface area contributed by atoms with E-state index in [9.17, 15) is 9.59 Å². The largest absolute Gasteiger partial charge is 0.354 e. The fraction of sp³-hybridized carbons (Fsp3) is 0.391. The molecule has 29 heavy (non-hydrogen) atoms. The van der Waals surface area contributed by atoms with E-state index in [1.54, 1.807) is 39.8 Å². The van der Waals surface area contributed by atoms with E-state index in [0.717, 1.165) is 16.7 Å². The van der Waals surface area contributed by atoms with Crippen molar-refractivity contribution in [2.75, 3.05) is 0 Å². The third kappa shape index (κ3) is 3.98. The number of carbonyl (C=O) groups is 2. The molecule has 0 radical (unpaired) electrons. The molecule has 0 atom stereocenters. The zero-order chi connectivity index (χ0) is 21.7. The summed E-state index contributed by atoms with van der Waals surface area (Å²) >= 11 is 18.5. The molecule has 3 nitrogen and oxygen atoms in total. The van der Waals surface area contributed by atoms with Crippen molar-refractivity contribution in [1.82, 2.24) is 0 Å². The second-order valence-corrected chi connectivity index (χ2v) is 9.50. The van der Waals surface area contributed by atoms with Gasteiger partial charge < -0.3 is 4.74 Å². The zero-order valence-electron chi connectivity index (χ0n) is 17.0. The van der Waals surface area contributed by atoms with Crippen molar-refractivity contribution in [1.29, 1.82) is 0 Å². The van der Waals surface area contributed by atoms with Crippen molar-refractivity contribution >= 4 is 46.4 Å². The Labute approximate surface area is 186 Å². The van der Waals surface area contributed by atoms with E-state index in [0.29, 0.717) is 27.1 Å². The molecule has 0 amide bonds. The molecule has 2 aromatic carbocycles. The molecule has 1 fully saturated rings. The first kappa shape index (κ1) is 22.3. The average molecular weight is 454 g/mol. The van der Waals surface area contributed by atoms with E-state index >= 15 is 0 Å². The van der Waals surface area contributed by atoms with Crippen molar-refractivity contribution < 1.29 is 14.3 Å². The van der Waals surface area contributed by atoms with Crippen molar-refractivity contribution in [2.45, 2.75) is 58.2 Å². The number of hydrogen-bond donors (Lipinski definition) is 0. The Bertz CT molecular complexity index is 959. The molecule has 1 aliphatic heterocycles. The van der Waals surface area contributed by atoms with Crippen molar-refractivity contribution in [3.05, 3.63) is 56.5 Å². The normalized spacial score (nSPS) is 18.9. The summed E-state index contributed by atoms with van der Waals surface area (Å²) < 4.78 is 5.82. The van der Waals surface area contributed by atoms with Gasteiger partial charge in [-0.25, -0.2) is 0 Å². The van der Waals surface area contributed by atoms with E-state index < -0.39 is 17.1 Å². The third-order valence-electron chi connectivity index (χ3n) is 5.38. The summed E-state index contributed by atoms with van der Waals surface area (Å²) in [5, 5.41) is 0.979. The maximum absolute atomic E-state index is 13.2. The Hall–Kier alpha value is -1.39. The molecule has 1 saturated heterocycles. The summed E-state index contributed by atoms with van der Waals surface area (Å²) in [6.45, 7) is 8.85. The Morgan fingerprint density at radius 2 is 1.38 bits per heavy atom. The topological polar surface area (TPSA) is 43.4 Å². The third-order valence-corrected chi connectivity index (χ3v) is 6.57. The van der Waals surface area contributed by atoms with E-state index in [1.807, 2.05) is 25.1 Å². The number of benzene rings is 2. The number of ketones is 2. The number of aryl methyl sites for hydroxylation is 1. The Balaban J connectivity index is 2.20. The molecular formula is C23H23Cl3O3. The number of halogens is 3. The molecule has 3 rings (SSSR count). The van der Waals surface area contributed by atoms with E-state index in [1.165, 1.54) is 0 Å². The van der Waals surface area contributed by atoms with Crippen LogP contribution in [0.25, 0.3) is 11.1 Å². The first-order valence-corrected chi connectivity index (χ1v) is 10.6. The molecule has 0 spiro atoms. The van der Waals surface area contributed by atoms with Crippen LogP contribution in [0.4, 0.5) is 0 Å². The maximum atomic E-state index is 13.2. The number of hydrogen-bond acceptors (Lipinski definition) is 3. The molecule has 0 aromatic heterocycles. The highest BCUT2D eigenvalue weighted by Gasteiger charge is 2.53. The van der Waals surface area contributed by atoms with Gasteiger partial charge >= 0.3 is 0 Å². The van der Waals surface area contributed by atoms with Gasteiger partial charge in [0, 0.05) is 0 Å². The number of Topliss-reactive ketones (excluding diaryl/α,β-unsaturated/α-hetero) is 2. The summed E-state index contributed by atoms with van der Waals surface area (Å²) in [6.07, 6.45) is 0.691. The Kier molecular flexibility index (Phi) is 5.92. The zero-order valence-corrected chi connectivity index (χ0v) is 19.3.